The molecule has 0 saturated heterocycles. The van der Waals surface area contributed by atoms with E-state index in [0.29, 0.717) is 11.4 Å². The third-order valence-corrected chi connectivity index (χ3v) is 7.00. The summed E-state index contributed by atoms with van der Waals surface area (Å²) in [6.45, 7) is 1.65. The molecule has 8 heteroatoms. The predicted octanol–water partition coefficient (Wildman–Crippen LogP) is 5.72. The maximum atomic E-state index is 12.6. The van der Waals surface area contributed by atoms with Crippen LogP contribution in [0.1, 0.15) is 6.42 Å². The van der Waals surface area contributed by atoms with Gasteiger partial charge in [0.05, 0.1) is 23.7 Å². The first-order valence-corrected chi connectivity index (χ1v) is 11.6. The first-order valence-electron chi connectivity index (χ1n) is 9.46. The molecule has 150 valence electrons. The number of nitrogens with zero attached hydrogens (tertiary/aromatic N) is 3. The molecule has 1 amide bonds. The second-order valence-corrected chi connectivity index (χ2v) is 8.97. The standard InChI is InChI=1S/C22H17ClN4OS2/c23-18-7-2-1-6-17(18)21-26-19(13-29-21)14-4-3-5-15(10-14)25-20(28)11-16-12-30-22-24-8-9-27(16)22/h1-7,10,12-13H,8-9,11H2,(H,25,28). The quantitative estimate of drug-likeness (QED) is 0.538. The SMILES string of the molecule is O=C(CC1=CSC2=NCCN12)Nc1cccc(-c2csc(-c3ccccc3Cl)n2)c1. The molecule has 2 aliphatic rings. The average molecular weight is 453 g/mol. The first-order chi connectivity index (χ1) is 14.7. The van der Waals surface area contributed by atoms with Crippen molar-refractivity contribution in [3.63, 3.8) is 0 Å². The fourth-order valence-electron chi connectivity index (χ4n) is 3.41. The minimum absolute atomic E-state index is 0.0396. The maximum Gasteiger partial charge on any atom is 0.230 e. The molecular formula is C22H17ClN4OS2. The molecule has 3 heterocycles. The Morgan fingerprint density at radius 3 is 3.00 bits per heavy atom. The molecule has 3 aromatic rings. The molecule has 0 radical (unpaired) electrons. The van der Waals surface area contributed by atoms with Crippen LogP contribution < -0.4 is 5.32 Å². The summed E-state index contributed by atoms with van der Waals surface area (Å²) in [6, 6.07) is 15.4. The lowest BCUT2D eigenvalue weighted by Gasteiger charge is -2.16. The van der Waals surface area contributed by atoms with Gasteiger partial charge in [-0.15, -0.1) is 11.3 Å². The summed E-state index contributed by atoms with van der Waals surface area (Å²) in [4.78, 5) is 23.9. The number of carbonyl (C=O) groups excluding carboxylic acids is 1. The smallest absolute Gasteiger partial charge is 0.230 e. The number of fused-ring (bicyclic) bond motifs is 1. The van der Waals surface area contributed by atoms with Crippen LogP contribution in [0.15, 0.2) is 70.0 Å². The van der Waals surface area contributed by atoms with Gasteiger partial charge in [0.2, 0.25) is 5.91 Å². The number of amides is 1. The fraction of sp³-hybridized carbons (Fsp3) is 0.136. The van der Waals surface area contributed by atoms with Gasteiger partial charge in [-0.05, 0) is 23.6 Å². The van der Waals surface area contributed by atoms with Gasteiger partial charge in [-0.2, -0.15) is 0 Å². The van der Waals surface area contributed by atoms with Crippen LogP contribution in [0, 0.1) is 0 Å². The van der Waals surface area contributed by atoms with Gasteiger partial charge in [-0.1, -0.05) is 53.7 Å². The van der Waals surface area contributed by atoms with E-state index in [2.05, 4.69) is 15.2 Å². The number of hydrogen-bond donors (Lipinski definition) is 1. The third kappa shape index (κ3) is 3.88. The molecule has 0 atom stereocenters. The van der Waals surface area contributed by atoms with E-state index in [9.17, 15) is 4.79 Å². The van der Waals surface area contributed by atoms with Crippen LogP contribution in [-0.4, -0.2) is 34.0 Å². The highest BCUT2D eigenvalue weighted by atomic mass is 35.5. The summed E-state index contributed by atoms with van der Waals surface area (Å²) in [7, 11) is 0. The van der Waals surface area contributed by atoms with Gasteiger partial charge < -0.3 is 10.2 Å². The molecule has 30 heavy (non-hydrogen) atoms. The Bertz CT molecular complexity index is 1190. The molecule has 1 N–H and O–H groups in total. The number of carbonyl (C=O) groups is 1. The van der Waals surface area contributed by atoms with Gasteiger partial charge in [-0.25, -0.2) is 4.98 Å². The predicted molar refractivity (Wildman–Crippen MR) is 126 cm³/mol. The monoisotopic (exact) mass is 452 g/mol. The molecule has 2 aromatic carbocycles. The molecule has 5 rings (SSSR count). The Morgan fingerprint density at radius 1 is 1.20 bits per heavy atom. The van der Waals surface area contributed by atoms with Crippen molar-refractivity contribution in [3.05, 3.63) is 70.0 Å². The summed E-state index contributed by atoms with van der Waals surface area (Å²) in [5.41, 5.74) is 4.50. The van der Waals surface area contributed by atoms with Crippen LogP contribution in [0.5, 0.6) is 0 Å². The van der Waals surface area contributed by atoms with Crippen LogP contribution in [0.4, 0.5) is 5.69 Å². The molecule has 0 bridgehead atoms. The summed E-state index contributed by atoms with van der Waals surface area (Å²) in [6.07, 6.45) is 0.337. The lowest BCUT2D eigenvalue weighted by molar-refractivity contribution is -0.115. The van der Waals surface area contributed by atoms with Crippen molar-refractivity contribution < 1.29 is 4.79 Å². The Hall–Kier alpha value is -2.61. The number of benzene rings is 2. The van der Waals surface area contributed by atoms with Crippen molar-refractivity contribution in [1.29, 1.82) is 0 Å². The summed E-state index contributed by atoms with van der Waals surface area (Å²) >= 11 is 9.44. The van der Waals surface area contributed by atoms with Crippen molar-refractivity contribution in [3.8, 4) is 21.8 Å². The normalized spacial score (nSPS) is 15.0. The number of anilines is 1. The molecule has 0 unspecified atom stereocenters. The number of aromatic nitrogens is 1. The Morgan fingerprint density at radius 2 is 2.10 bits per heavy atom. The minimum atomic E-state index is -0.0396. The molecule has 0 fully saturated rings. The van der Waals surface area contributed by atoms with E-state index >= 15 is 0 Å². The Kier molecular flexibility index (Phi) is 5.33. The van der Waals surface area contributed by atoms with Crippen LogP contribution in [-0.2, 0) is 4.79 Å². The van der Waals surface area contributed by atoms with Gasteiger partial charge in [0.25, 0.3) is 0 Å². The number of halogens is 1. The molecule has 0 saturated carbocycles. The summed E-state index contributed by atoms with van der Waals surface area (Å²) in [5, 5.41) is 9.58. The van der Waals surface area contributed by atoms with Crippen LogP contribution in [0.3, 0.4) is 0 Å². The van der Waals surface area contributed by atoms with Crippen LogP contribution in [0.2, 0.25) is 5.02 Å². The Balaban J connectivity index is 1.30. The average Bonchev–Trinajstić information content (AvgIpc) is 3.47. The van der Waals surface area contributed by atoms with Crippen molar-refractivity contribution in [2.45, 2.75) is 6.42 Å². The van der Waals surface area contributed by atoms with E-state index in [-0.39, 0.29) is 5.91 Å². The topological polar surface area (TPSA) is 57.6 Å². The second kappa shape index (κ2) is 8.26. The minimum Gasteiger partial charge on any atom is -0.326 e. The molecule has 0 spiro atoms. The maximum absolute atomic E-state index is 12.6. The lowest BCUT2D eigenvalue weighted by atomic mass is 10.1. The van der Waals surface area contributed by atoms with Crippen molar-refractivity contribution in [2.75, 3.05) is 18.4 Å². The van der Waals surface area contributed by atoms with Crippen molar-refractivity contribution in [2.24, 2.45) is 4.99 Å². The summed E-state index contributed by atoms with van der Waals surface area (Å²) in [5.74, 6) is -0.0396. The van der Waals surface area contributed by atoms with E-state index in [1.807, 2.05) is 59.3 Å². The summed E-state index contributed by atoms with van der Waals surface area (Å²) < 4.78 is 0. The second-order valence-electron chi connectivity index (χ2n) is 6.87. The zero-order valence-electron chi connectivity index (χ0n) is 15.8. The van der Waals surface area contributed by atoms with E-state index in [0.717, 1.165) is 51.5 Å². The van der Waals surface area contributed by atoms with Gasteiger partial charge in [0.1, 0.15) is 5.01 Å². The van der Waals surface area contributed by atoms with E-state index in [1.165, 1.54) is 0 Å². The third-order valence-electron chi connectivity index (χ3n) is 4.84. The van der Waals surface area contributed by atoms with Crippen LogP contribution in [0.25, 0.3) is 21.8 Å². The number of amidine groups is 1. The number of thioether (sulfide) groups is 1. The van der Waals surface area contributed by atoms with Crippen LogP contribution >= 0.6 is 34.7 Å². The highest BCUT2D eigenvalue weighted by molar-refractivity contribution is 8.16. The van der Waals surface area contributed by atoms with Gasteiger partial charge in [-0.3, -0.25) is 9.79 Å². The fourth-order valence-corrected chi connectivity index (χ4v) is 5.51. The zero-order chi connectivity index (χ0) is 20.5. The van der Waals surface area contributed by atoms with E-state index in [1.54, 1.807) is 23.1 Å². The van der Waals surface area contributed by atoms with Crippen molar-refractivity contribution in [1.82, 2.24) is 9.88 Å². The first kappa shape index (κ1) is 19.4. The molecule has 0 aliphatic carbocycles. The zero-order valence-corrected chi connectivity index (χ0v) is 18.2. The van der Waals surface area contributed by atoms with Crippen molar-refractivity contribution >= 4 is 51.5 Å². The van der Waals surface area contributed by atoms with Gasteiger partial charge >= 0.3 is 0 Å². The van der Waals surface area contributed by atoms with Gasteiger partial charge in [0, 0.05) is 34.4 Å². The van der Waals surface area contributed by atoms with Gasteiger partial charge in [0.15, 0.2) is 5.17 Å². The number of rotatable bonds is 5. The lowest BCUT2D eigenvalue weighted by Crippen LogP contribution is -2.24. The molecule has 5 nitrogen and oxygen atoms in total. The highest BCUT2D eigenvalue weighted by Gasteiger charge is 2.27. The number of aliphatic imine (C=N–C) groups is 1. The molecule has 2 aliphatic heterocycles. The van der Waals surface area contributed by atoms with E-state index < -0.39 is 0 Å². The number of hydrogen-bond acceptors (Lipinski definition) is 6. The van der Waals surface area contributed by atoms with E-state index in [4.69, 9.17) is 16.6 Å². The number of thiazole rings is 1. The molecular weight excluding hydrogens is 436 g/mol. The number of nitrogens with one attached hydrogen (secondary N) is 1. The highest BCUT2D eigenvalue weighted by Crippen LogP contribution is 2.34. The molecule has 1 aromatic heterocycles. The Labute approximate surface area is 187 Å². The largest absolute Gasteiger partial charge is 0.326 e.